The average Bonchev–Trinajstić information content (AvgIpc) is 2.40. The molecule has 0 radical (unpaired) electrons. The molecule has 0 nitrogen and oxygen atoms in total. The molecule has 0 saturated heterocycles. The molecule has 1 spiro atoms. The summed E-state index contributed by atoms with van der Waals surface area (Å²) in [6, 6.07) is 0. The van der Waals surface area contributed by atoms with Crippen LogP contribution in [-0.2, 0) is 0 Å². The topological polar surface area (TPSA) is 0 Å². The van der Waals surface area contributed by atoms with Crippen molar-refractivity contribution >= 4 is 0 Å². The molecule has 0 heterocycles. The van der Waals surface area contributed by atoms with Gasteiger partial charge in [0.15, 0.2) is 0 Å². The van der Waals surface area contributed by atoms with E-state index < -0.39 is 0 Å². The van der Waals surface area contributed by atoms with Gasteiger partial charge in [0.05, 0.1) is 0 Å². The van der Waals surface area contributed by atoms with Crippen molar-refractivity contribution in [2.24, 2.45) is 11.3 Å². The van der Waals surface area contributed by atoms with E-state index in [0.717, 1.165) is 11.3 Å². The van der Waals surface area contributed by atoms with E-state index in [0.29, 0.717) is 0 Å². The highest BCUT2D eigenvalue weighted by Crippen LogP contribution is 2.55. The Morgan fingerprint density at radius 1 is 1.00 bits per heavy atom. The van der Waals surface area contributed by atoms with Gasteiger partial charge in [-0.05, 0) is 37.0 Å². The van der Waals surface area contributed by atoms with Crippen LogP contribution in [0.15, 0.2) is 0 Å². The first-order valence-electron chi connectivity index (χ1n) is 5.31. The molecule has 0 aromatic carbocycles. The summed E-state index contributed by atoms with van der Waals surface area (Å²) < 4.78 is 0. The van der Waals surface area contributed by atoms with Gasteiger partial charge in [-0.25, -0.2) is 0 Å². The zero-order valence-electron chi connectivity index (χ0n) is 8.32. The van der Waals surface area contributed by atoms with Crippen molar-refractivity contribution in [2.45, 2.75) is 59.3 Å². The fourth-order valence-corrected chi connectivity index (χ4v) is 2.95. The third kappa shape index (κ3) is 1.77. The van der Waals surface area contributed by atoms with Crippen molar-refractivity contribution in [2.75, 3.05) is 0 Å². The molecule has 0 unspecified atom stereocenters. The second kappa shape index (κ2) is 3.60. The number of rotatable bonds is 0. The normalized spacial score (nSPS) is 27.5. The Balaban J connectivity index is 0.000000281. The smallest absolute Gasteiger partial charge is 0.0292 e. The standard InChI is InChI=1S/C9H16.C2H6/c1-8-6-9(7-8)4-2-3-5-9;1-2/h8H,2-7H2,1H3;1-2H3. The molecule has 0 atom stereocenters. The van der Waals surface area contributed by atoms with E-state index in [2.05, 4.69) is 6.92 Å². The van der Waals surface area contributed by atoms with E-state index >= 15 is 0 Å². The lowest BCUT2D eigenvalue weighted by Crippen LogP contribution is -2.32. The van der Waals surface area contributed by atoms with Crippen molar-refractivity contribution < 1.29 is 0 Å². The molecular formula is C11H22. The average molecular weight is 154 g/mol. The summed E-state index contributed by atoms with van der Waals surface area (Å²) in [6.07, 6.45) is 9.24. The third-order valence-electron chi connectivity index (χ3n) is 3.23. The van der Waals surface area contributed by atoms with Crippen LogP contribution in [0.3, 0.4) is 0 Å². The van der Waals surface area contributed by atoms with Gasteiger partial charge in [0, 0.05) is 0 Å². The molecular weight excluding hydrogens is 132 g/mol. The second-order valence-electron chi connectivity index (χ2n) is 4.22. The monoisotopic (exact) mass is 154 g/mol. The zero-order valence-corrected chi connectivity index (χ0v) is 8.32. The Morgan fingerprint density at radius 3 is 1.82 bits per heavy atom. The maximum atomic E-state index is 2.39. The van der Waals surface area contributed by atoms with Crippen molar-refractivity contribution in [3.8, 4) is 0 Å². The minimum absolute atomic E-state index is 0.888. The van der Waals surface area contributed by atoms with E-state index in [1.807, 2.05) is 13.8 Å². The van der Waals surface area contributed by atoms with Crippen LogP contribution in [0.2, 0.25) is 0 Å². The van der Waals surface area contributed by atoms with Gasteiger partial charge in [-0.2, -0.15) is 0 Å². The summed E-state index contributed by atoms with van der Waals surface area (Å²) in [5, 5.41) is 0. The summed E-state index contributed by atoms with van der Waals surface area (Å²) in [7, 11) is 0. The summed E-state index contributed by atoms with van der Waals surface area (Å²) in [4.78, 5) is 0. The van der Waals surface area contributed by atoms with Gasteiger partial charge < -0.3 is 0 Å². The molecule has 2 saturated carbocycles. The van der Waals surface area contributed by atoms with Crippen molar-refractivity contribution in [3.05, 3.63) is 0 Å². The maximum absolute atomic E-state index is 2.39. The fraction of sp³-hybridized carbons (Fsp3) is 1.00. The molecule has 0 amide bonds. The summed E-state index contributed by atoms with van der Waals surface area (Å²) >= 11 is 0. The van der Waals surface area contributed by atoms with Gasteiger partial charge in [-0.3, -0.25) is 0 Å². The van der Waals surface area contributed by atoms with Gasteiger partial charge >= 0.3 is 0 Å². The first kappa shape index (κ1) is 9.09. The van der Waals surface area contributed by atoms with Crippen LogP contribution in [-0.4, -0.2) is 0 Å². The van der Waals surface area contributed by atoms with Crippen LogP contribution in [0.1, 0.15) is 59.3 Å². The second-order valence-corrected chi connectivity index (χ2v) is 4.22. The molecule has 66 valence electrons. The first-order chi connectivity index (χ1) is 5.31. The Kier molecular flexibility index (Phi) is 2.98. The molecule has 0 heteroatoms. The molecule has 2 aliphatic carbocycles. The number of hydrogen-bond acceptors (Lipinski definition) is 0. The third-order valence-corrected chi connectivity index (χ3v) is 3.23. The van der Waals surface area contributed by atoms with E-state index in [-0.39, 0.29) is 0 Å². The predicted octanol–water partition coefficient (Wildman–Crippen LogP) is 4.00. The molecule has 0 bridgehead atoms. The molecule has 11 heavy (non-hydrogen) atoms. The van der Waals surface area contributed by atoms with Gasteiger partial charge in [0.1, 0.15) is 0 Å². The fourth-order valence-electron chi connectivity index (χ4n) is 2.95. The Bertz CT molecular complexity index is 101. The SMILES string of the molecule is CC.CC1CC2(CCCC2)C1. The van der Waals surface area contributed by atoms with Gasteiger partial charge in [0.2, 0.25) is 0 Å². The molecule has 2 fully saturated rings. The van der Waals surface area contributed by atoms with E-state index in [1.54, 1.807) is 25.7 Å². The zero-order chi connectivity index (χ0) is 8.32. The lowest BCUT2D eigenvalue weighted by molar-refractivity contribution is 0.0745. The predicted molar refractivity (Wildman–Crippen MR) is 50.6 cm³/mol. The largest absolute Gasteiger partial charge is 0.0683 e. The van der Waals surface area contributed by atoms with Crippen LogP contribution >= 0.6 is 0 Å². The van der Waals surface area contributed by atoms with Gasteiger partial charge in [-0.1, -0.05) is 33.6 Å². The highest BCUT2D eigenvalue weighted by Gasteiger charge is 2.43. The van der Waals surface area contributed by atoms with Crippen LogP contribution in [0.25, 0.3) is 0 Å². The van der Waals surface area contributed by atoms with Gasteiger partial charge in [0.25, 0.3) is 0 Å². The minimum Gasteiger partial charge on any atom is -0.0683 e. The molecule has 2 aliphatic rings. The minimum atomic E-state index is 0.888. The molecule has 2 rings (SSSR count). The lowest BCUT2D eigenvalue weighted by Gasteiger charge is -2.44. The van der Waals surface area contributed by atoms with Crippen molar-refractivity contribution in [1.82, 2.24) is 0 Å². The lowest BCUT2D eigenvalue weighted by atomic mass is 9.62. The molecule has 0 aromatic rings. The van der Waals surface area contributed by atoms with Crippen LogP contribution in [0, 0.1) is 11.3 Å². The van der Waals surface area contributed by atoms with Gasteiger partial charge in [-0.15, -0.1) is 0 Å². The molecule has 0 N–H and O–H groups in total. The van der Waals surface area contributed by atoms with E-state index in [4.69, 9.17) is 0 Å². The van der Waals surface area contributed by atoms with Crippen LogP contribution < -0.4 is 0 Å². The summed E-state index contributed by atoms with van der Waals surface area (Å²) in [5.41, 5.74) is 0.888. The van der Waals surface area contributed by atoms with E-state index in [1.165, 1.54) is 12.8 Å². The Hall–Kier alpha value is 0. The number of hydrogen-bond donors (Lipinski definition) is 0. The van der Waals surface area contributed by atoms with Crippen molar-refractivity contribution in [1.29, 1.82) is 0 Å². The van der Waals surface area contributed by atoms with Crippen molar-refractivity contribution in [3.63, 3.8) is 0 Å². The van der Waals surface area contributed by atoms with Crippen LogP contribution in [0.4, 0.5) is 0 Å². The van der Waals surface area contributed by atoms with Crippen LogP contribution in [0.5, 0.6) is 0 Å². The maximum Gasteiger partial charge on any atom is -0.0292 e. The highest BCUT2D eigenvalue weighted by atomic mass is 14.5. The Labute approximate surface area is 71.4 Å². The van der Waals surface area contributed by atoms with E-state index in [9.17, 15) is 0 Å². The summed E-state index contributed by atoms with van der Waals surface area (Å²) in [5.74, 6) is 1.06. The molecule has 0 aliphatic heterocycles. The quantitative estimate of drug-likeness (QED) is 0.494. The molecule has 0 aromatic heterocycles. The highest BCUT2D eigenvalue weighted by molar-refractivity contribution is 4.94. The first-order valence-corrected chi connectivity index (χ1v) is 5.31. The summed E-state index contributed by atoms with van der Waals surface area (Å²) in [6.45, 7) is 6.39. The Morgan fingerprint density at radius 2 is 1.45 bits per heavy atom.